The van der Waals surface area contributed by atoms with E-state index in [0.717, 1.165) is 38.7 Å². The number of nitrogens with zero attached hydrogens (tertiary/aromatic N) is 1. The van der Waals surface area contributed by atoms with Gasteiger partial charge in [0.25, 0.3) is 0 Å². The second-order valence-corrected chi connectivity index (χ2v) is 4.59. The Morgan fingerprint density at radius 3 is 2.71 bits per heavy atom. The van der Waals surface area contributed by atoms with Crippen LogP contribution in [0.2, 0.25) is 0 Å². The molecule has 5 heteroatoms. The van der Waals surface area contributed by atoms with Crippen molar-refractivity contribution in [3.8, 4) is 0 Å². The number of methoxy groups -OCH3 is 1. The minimum Gasteiger partial charge on any atom is -0.383 e. The molecule has 2 N–H and O–H groups in total. The summed E-state index contributed by atoms with van der Waals surface area (Å²) in [5.74, 6) is 0.856. The van der Waals surface area contributed by atoms with Crippen molar-refractivity contribution in [3.05, 3.63) is 0 Å². The third-order valence-corrected chi connectivity index (χ3v) is 3.27. The topological polar surface area (TPSA) is 53.6 Å². The summed E-state index contributed by atoms with van der Waals surface area (Å²) in [5.41, 5.74) is 0. The zero-order valence-electron chi connectivity index (χ0n) is 11.0. The highest BCUT2D eigenvalue weighted by Gasteiger charge is 2.19. The maximum absolute atomic E-state index is 11.2. The van der Waals surface area contributed by atoms with Gasteiger partial charge in [0.1, 0.15) is 0 Å². The number of hydrogen-bond donors (Lipinski definition) is 2. The average Bonchev–Trinajstić information content (AvgIpc) is 2.36. The van der Waals surface area contributed by atoms with Gasteiger partial charge in [-0.25, -0.2) is 0 Å². The van der Waals surface area contributed by atoms with Gasteiger partial charge in [-0.1, -0.05) is 0 Å². The van der Waals surface area contributed by atoms with Crippen molar-refractivity contribution >= 4 is 5.91 Å². The third-order valence-electron chi connectivity index (χ3n) is 3.27. The Morgan fingerprint density at radius 1 is 1.41 bits per heavy atom. The number of carbonyl (C=O) groups is 1. The Hall–Kier alpha value is -0.650. The number of likely N-dealkylation sites (N-methyl/N-ethyl adjacent to an activating group) is 1. The Bertz CT molecular complexity index is 216. The summed E-state index contributed by atoms with van der Waals surface area (Å²) in [7, 11) is 3.41. The summed E-state index contributed by atoms with van der Waals surface area (Å²) in [6, 6.07) is 0. The lowest BCUT2D eigenvalue weighted by Crippen LogP contribution is -2.42. The fourth-order valence-corrected chi connectivity index (χ4v) is 2.11. The molecular formula is C12H25N3O2. The normalized spacial score (nSPS) is 18.2. The molecule has 0 atom stereocenters. The second-order valence-electron chi connectivity index (χ2n) is 4.59. The summed E-state index contributed by atoms with van der Waals surface area (Å²) < 4.78 is 4.99. The molecular weight excluding hydrogens is 218 g/mol. The molecule has 1 rings (SSSR count). The van der Waals surface area contributed by atoms with Gasteiger partial charge in [-0.15, -0.1) is 0 Å². The Kier molecular flexibility index (Phi) is 7.16. The molecule has 0 saturated carbocycles. The highest BCUT2D eigenvalue weighted by Crippen LogP contribution is 2.15. The first-order valence-corrected chi connectivity index (χ1v) is 6.39. The predicted molar refractivity (Wildman–Crippen MR) is 68.0 cm³/mol. The molecule has 0 aromatic rings. The minimum absolute atomic E-state index is 0.113. The largest absolute Gasteiger partial charge is 0.383 e. The van der Waals surface area contributed by atoms with Gasteiger partial charge in [0.05, 0.1) is 13.2 Å². The van der Waals surface area contributed by atoms with Crippen molar-refractivity contribution in [2.24, 2.45) is 5.92 Å². The molecule has 0 aliphatic carbocycles. The molecule has 1 amide bonds. The zero-order valence-corrected chi connectivity index (χ0v) is 11.0. The van der Waals surface area contributed by atoms with Gasteiger partial charge < -0.3 is 15.4 Å². The first kappa shape index (κ1) is 14.4. The van der Waals surface area contributed by atoms with Crippen LogP contribution in [-0.2, 0) is 9.53 Å². The van der Waals surface area contributed by atoms with E-state index in [1.165, 1.54) is 12.8 Å². The first-order valence-electron chi connectivity index (χ1n) is 6.39. The number of rotatable bonds is 7. The van der Waals surface area contributed by atoms with E-state index in [-0.39, 0.29) is 5.91 Å². The van der Waals surface area contributed by atoms with Crippen molar-refractivity contribution < 1.29 is 9.53 Å². The Morgan fingerprint density at radius 2 is 2.12 bits per heavy atom. The predicted octanol–water partition coefficient (Wildman–Crippen LogP) is -0.320. The van der Waals surface area contributed by atoms with Gasteiger partial charge in [0.2, 0.25) is 5.91 Å². The van der Waals surface area contributed by atoms with Gasteiger partial charge in [-0.3, -0.25) is 9.69 Å². The van der Waals surface area contributed by atoms with E-state index < -0.39 is 0 Å². The zero-order chi connectivity index (χ0) is 12.5. The number of hydrogen-bond acceptors (Lipinski definition) is 4. The van der Waals surface area contributed by atoms with Crippen LogP contribution in [0, 0.1) is 5.92 Å². The SMILES string of the molecule is CNC(=O)CN1CCC(CNCCOC)CC1. The molecule has 0 unspecified atom stereocenters. The third kappa shape index (κ3) is 6.00. The van der Waals surface area contributed by atoms with E-state index in [2.05, 4.69) is 15.5 Å². The minimum atomic E-state index is 0.113. The highest BCUT2D eigenvalue weighted by molar-refractivity contribution is 5.77. The van der Waals surface area contributed by atoms with Crippen molar-refractivity contribution in [2.45, 2.75) is 12.8 Å². The van der Waals surface area contributed by atoms with E-state index in [1.807, 2.05) is 0 Å². The Labute approximate surface area is 104 Å². The van der Waals surface area contributed by atoms with E-state index in [4.69, 9.17) is 4.74 Å². The quantitative estimate of drug-likeness (QED) is 0.602. The van der Waals surface area contributed by atoms with E-state index >= 15 is 0 Å². The molecule has 1 saturated heterocycles. The van der Waals surface area contributed by atoms with E-state index in [1.54, 1.807) is 14.2 Å². The summed E-state index contributed by atoms with van der Waals surface area (Å²) in [6.07, 6.45) is 2.36. The molecule has 1 aliphatic heterocycles. The fraction of sp³-hybridized carbons (Fsp3) is 0.917. The highest BCUT2D eigenvalue weighted by atomic mass is 16.5. The van der Waals surface area contributed by atoms with Gasteiger partial charge in [0.15, 0.2) is 0 Å². The molecule has 0 aromatic heterocycles. The van der Waals surface area contributed by atoms with Crippen LogP contribution in [0.15, 0.2) is 0 Å². The number of amides is 1. The molecule has 100 valence electrons. The molecule has 1 fully saturated rings. The lowest BCUT2D eigenvalue weighted by molar-refractivity contribution is -0.122. The Balaban J connectivity index is 2.07. The average molecular weight is 243 g/mol. The van der Waals surface area contributed by atoms with Crippen molar-refractivity contribution in [1.82, 2.24) is 15.5 Å². The molecule has 17 heavy (non-hydrogen) atoms. The molecule has 0 bridgehead atoms. The summed E-state index contributed by atoms with van der Waals surface area (Å²) in [5, 5.41) is 6.06. The van der Waals surface area contributed by atoms with E-state index in [0.29, 0.717) is 6.54 Å². The van der Waals surface area contributed by atoms with Gasteiger partial charge in [-0.2, -0.15) is 0 Å². The standard InChI is InChI=1S/C12H25N3O2/c1-13-12(16)10-15-6-3-11(4-7-15)9-14-5-8-17-2/h11,14H,3-10H2,1-2H3,(H,13,16). The first-order chi connectivity index (χ1) is 8.26. The maximum atomic E-state index is 11.2. The summed E-state index contributed by atoms with van der Waals surface area (Å²) in [4.78, 5) is 13.5. The molecule has 1 heterocycles. The number of ether oxygens (including phenoxy) is 1. The number of likely N-dealkylation sites (tertiary alicyclic amines) is 1. The van der Waals surface area contributed by atoms with Crippen LogP contribution in [0.5, 0.6) is 0 Å². The number of nitrogens with one attached hydrogen (secondary N) is 2. The van der Waals surface area contributed by atoms with Crippen molar-refractivity contribution in [1.29, 1.82) is 0 Å². The van der Waals surface area contributed by atoms with Crippen molar-refractivity contribution in [3.63, 3.8) is 0 Å². The smallest absolute Gasteiger partial charge is 0.233 e. The fourth-order valence-electron chi connectivity index (χ4n) is 2.11. The van der Waals surface area contributed by atoms with E-state index in [9.17, 15) is 4.79 Å². The molecule has 0 radical (unpaired) electrons. The van der Waals surface area contributed by atoms with Crippen LogP contribution in [0.4, 0.5) is 0 Å². The van der Waals surface area contributed by atoms with Crippen LogP contribution < -0.4 is 10.6 Å². The molecule has 0 aromatic carbocycles. The summed E-state index contributed by atoms with van der Waals surface area (Å²) in [6.45, 7) is 5.37. The van der Waals surface area contributed by atoms with Gasteiger partial charge >= 0.3 is 0 Å². The van der Waals surface area contributed by atoms with Crippen LogP contribution in [0.1, 0.15) is 12.8 Å². The van der Waals surface area contributed by atoms with Crippen LogP contribution in [0.25, 0.3) is 0 Å². The maximum Gasteiger partial charge on any atom is 0.233 e. The lowest BCUT2D eigenvalue weighted by atomic mass is 9.97. The summed E-state index contributed by atoms with van der Waals surface area (Å²) >= 11 is 0. The molecule has 0 spiro atoms. The number of piperidine rings is 1. The molecule has 5 nitrogen and oxygen atoms in total. The van der Waals surface area contributed by atoms with Crippen LogP contribution in [-0.4, -0.2) is 64.3 Å². The van der Waals surface area contributed by atoms with Crippen LogP contribution >= 0.6 is 0 Å². The van der Waals surface area contributed by atoms with Gasteiger partial charge in [-0.05, 0) is 38.4 Å². The number of carbonyl (C=O) groups excluding carboxylic acids is 1. The van der Waals surface area contributed by atoms with Crippen molar-refractivity contribution in [2.75, 3.05) is 53.5 Å². The second kappa shape index (κ2) is 8.44. The van der Waals surface area contributed by atoms with Crippen LogP contribution in [0.3, 0.4) is 0 Å². The monoisotopic (exact) mass is 243 g/mol. The lowest BCUT2D eigenvalue weighted by Gasteiger charge is -2.31. The molecule has 1 aliphatic rings. The van der Waals surface area contributed by atoms with Gasteiger partial charge in [0, 0.05) is 20.7 Å².